The number of thiocarbonyl (C=S) groups is 1. The maximum Gasteiger partial charge on any atom is 0.335 e. The predicted molar refractivity (Wildman–Crippen MR) is 122 cm³/mol. The second-order valence-electron chi connectivity index (χ2n) is 7.42. The Morgan fingerprint density at radius 2 is 1.88 bits per heavy atom. The molecule has 3 heterocycles. The van der Waals surface area contributed by atoms with E-state index in [9.17, 15) is 19.8 Å². The second kappa shape index (κ2) is 9.39. The zero-order chi connectivity index (χ0) is 23.5. The van der Waals surface area contributed by atoms with Gasteiger partial charge in [-0.25, -0.2) is 9.59 Å². The van der Waals surface area contributed by atoms with E-state index < -0.39 is 11.9 Å². The first-order chi connectivity index (χ1) is 15.9. The van der Waals surface area contributed by atoms with Gasteiger partial charge in [0.1, 0.15) is 17.6 Å². The molecule has 4 rings (SSSR count). The Hall–Kier alpha value is -3.76. The summed E-state index contributed by atoms with van der Waals surface area (Å²) in [6.45, 7) is 0.966. The largest absolute Gasteiger partial charge is 0.478 e. The first kappa shape index (κ1) is 22.4. The number of hydrogen-bond donors (Lipinski definition) is 3. The minimum absolute atomic E-state index is 0.139. The van der Waals surface area contributed by atoms with Crippen molar-refractivity contribution >= 4 is 29.3 Å². The summed E-state index contributed by atoms with van der Waals surface area (Å²) in [5.41, 5.74) is 0.855. The van der Waals surface area contributed by atoms with Crippen molar-refractivity contribution < 1.29 is 29.0 Å². The van der Waals surface area contributed by atoms with E-state index in [0.29, 0.717) is 35.3 Å². The lowest BCUT2D eigenvalue weighted by atomic mass is 10.0. The van der Waals surface area contributed by atoms with Crippen LogP contribution in [0, 0.1) is 0 Å². The lowest BCUT2D eigenvalue weighted by Crippen LogP contribution is -2.32. The molecule has 0 amide bonds. The molecule has 1 aliphatic rings. The molecule has 2 aromatic heterocycles. The van der Waals surface area contributed by atoms with Crippen LogP contribution in [-0.4, -0.2) is 57.4 Å². The zero-order valence-corrected chi connectivity index (χ0v) is 18.4. The number of nitrogens with zero attached hydrogens (tertiary/aromatic N) is 2. The molecule has 9 nitrogen and oxygen atoms in total. The number of aromatic nitrogens is 1. The molecule has 170 valence electrons. The fourth-order valence-electron chi connectivity index (χ4n) is 3.83. The second-order valence-corrected chi connectivity index (χ2v) is 7.81. The van der Waals surface area contributed by atoms with Gasteiger partial charge in [0.2, 0.25) is 0 Å². The highest BCUT2D eigenvalue weighted by Gasteiger charge is 2.41. The molecular formula is C23H21N3O6S. The zero-order valence-electron chi connectivity index (χ0n) is 17.6. The van der Waals surface area contributed by atoms with Gasteiger partial charge in [0.15, 0.2) is 5.11 Å². The van der Waals surface area contributed by atoms with Crippen molar-refractivity contribution in [3.63, 3.8) is 0 Å². The monoisotopic (exact) mass is 467 g/mol. The summed E-state index contributed by atoms with van der Waals surface area (Å²) in [7, 11) is 1.61. The van der Waals surface area contributed by atoms with Crippen LogP contribution in [0.3, 0.4) is 0 Å². The van der Waals surface area contributed by atoms with Gasteiger partial charge >= 0.3 is 11.9 Å². The molecule has 1 aliphatic heterocycles. The molecule has 2 atom stereocenters. The van der Waals surface area contributed by atoms with Crippen LogP contribution in [0.2, 0.25) is 0 Å². The van der Waals surface area contributed by atoms with E-state index in [1.807, 2.05) is 23.1 Å². The molecule has 1 aromatic carbocycles. The van der Waals surface area contributed by atoms with Crippen LogP contribution in [0.15, 0.2) is 59.1 Å². The molecule has 0 saturated carbocycles. The lowest BCUT2D eigenvalue weighted by molar-refractivity contribution is 0.0696. The van der Waals surface area contributed by atoms with Gasteiger partial charge in [0.25, 0.3) is 0 Å². The summed E-state index contributed by atoms with van der Waals surface area (Å²) in [6, 6.07) is 12.3. The molecule has 33 heavy (non-hydrogen) atoms. The molecule has 0 bridgehead atoms. The van der Waals surface area contributed by atoms with E-state index in [2.05, 4.69) is 10.3 Å². The predicted octanol–water partition coefficient (Wildman–Crippen LogP) is 3.36. The van der Waals surface area contributed by atoms with E-state index in [1.54, 1.807) is 25.4 Å². The van der Waals surface area contributed by atoms with Gasteiger partial charge in [-0.3, -0.25) is 4.98 Å². The van der Waals surface area contributed by atoms with Crippen LogP contribution in [0.25, 0.3) is 11.3 Å². The number of methoxy groups -OCH3 is 1. The van der Waals surface area contributed by atoms with Crippen molar-refractivity contribution in [1.29, 1.82) is 0 Å². The number of hydrogen-bond acceptors (Lipinski definition) is 6. The van der Waals surface area contributed by atoms with Crippen molar-refractivity contribution in [2.75, 3.05) is 20.3 Å². The number of pyridine rings is 1. The normalized spacial score (nSPS) is 17.7. The van der Waals surface area contributed by atoms with Crippen molar-refractivity contribution in [1.82, 2.24) is 15.2 Å². The summed E-state index contributed by atoms with van der Waals surface area (Å²) in [4.78, 5) is 29.4. The van der Waals surface area contributed by atoms with Gasteiger partial charge in [-0.1, -0.05) is 6.07 Å². The first-order valence-electron chi connectivity index (χ1n) is 10.1. The average molecular weight is 468 g/mol. The number of carboxylic acids is 2. The van der Waals surface area contributed by atoms with Gasteiger partial charge in [-0.15, -0.1) is 0 Å². The third-order valence-electron chi connectivity index (χ3n) is 5.36. The van der Waals surface area contributed by atoms with Crippen molar-refractivity contribution in [2.24, 2.45) is 0 Å². The third kappa shape index (κ3) is 4.57. The van der Waals surface area contributed by atoms with Crippen LogP contribution in [0.4, 0.5) is 0 Å². The number of carbonyl (C=O) groups is 2. The molecular weight excluding hydrogens is 446 g/mol. The van der Waals surface area contributed by atoms with Crippen molar-refractivity contribution in [3.8, 4) is 11.3 Å². The first-order valence-corrected chi connectivity index (χ1v) is 10.5. The topological polar surface area (TPSA) is 125 Å². The number of nitrogens with one attached hydrogen (secondary N) is 1. The molecule has 10 heteroatoms. The van der Waals surface area contributed by atoms with Crippen LogP contribution < -0.4 is 5.32 Å². The van der Waals surface area contributed by atoms with Crippen molar-refractivity contribution in [2.45, 2.75) is 12.1 Å². The Labute approximate surface area is 194 Å². The van der Waals surface area contributed by atoms with E-state index in [-0.39, 0.29) is 23.2 Å². The lowest BCUT2D eigenvalue weighted by Gasteiger charge is -2.25. The molecule has 3 N–H and O–H groups in total. The Morgan fingerprint density at radius 1 is 1.15 bits per heavy atom. The summed E-state index contributed by atoms with van der Waals surface area (Å²) < 4.78 is 11.4. The number of aromatic carboxylic acids is 2. The minimum atomic E-state index is -1.22. The summed E-state index contributed by atoms with van der Waals surface area (Å²) in [5, 5.41) is 22.6. The molecule has 0 unspecified atom stereocenters. The van der Waals surface area contributed by atoms with E-state index in [0.717, 1.165) is 11.8 Å². The molecule has 1 saturated heterocycles. The molecule has 0 spiro atoms. The molecule has 3 aromatic rings. The Morgan fingerprint density at radius 3 is 2.48 bits per heavy atom. The summed E-state index contributed by atoms with van der Waals surface area (Å²) in [5.74, 6) is -1.53. The van der Waals surface area contributed by atoms with Gasteiger partial charge in [0.05, 0.1) is 29.5 Å². The number of benzene rings is 1. The number of furan rings is 1. The molecule has 0 aliphatic carbocycles. The Kier molecular flexibility index (Phi) is 6.38. The Bertz CT molecular complexity index is 1160. The highest BCUT2D eigenvalue weighted by atomic mass is 32.1. The van der Waals surface area contributed by atoms with Crippen LogP contribution in [0.1, 0.15) is 44.3 Å². The van der Waals surface area contributed by atoms with Gasteiger partial charge in [-0.2, -0.15) is 0 Å². The fraction of sp³-hybridized carbons (Fsp3) is 0.217. The minimum Gasteiger partial charge on any atom is -0.478 e. The number of rotatable bonds is 8. The average Bonchev–Trinajstić information content (AvgIpc) is 3.42. The van der Waals surface area contributed by atoms with Crippen molar-refractivity contribution in [3.05, 3.63) is 77.3 Å². The van der Waals surface area contributed by atoms with Crippen LogP contribution in [0.5, 0.6) is 0 Å². The summed E-state index contributed by atoms with van der Waals surface area (Å²) in [6.07, 6.45) is 1.70. The quantitative estimate of drug-likeness (QED) is 0.425. The van der Waals surface area contributed by atoms with Gasteiger partial charge in [0, 0.05) is 25.4 Å². The molecule has 0 radical (unpaired) electrons. The highest BCUT2D eigenvalue weighted by molar-refractivity contribution is 7.80. The molecule has 1 fully saturated rings. The van der Waals surface area contributed by atoms with Gasteiger partial charge < -0.3 is 29.6 Å². The van der Waals surface area contributed by atoms with Crippen LogP contribution >= 0.6 is 12.2 Å². The standard InChI is InChI=1S/C23H21N3O6S/c1-31-9-8-26-20(19(25-23(26)33)16-4-2-3-7-24-16)18-6-5-17(32-18)13-10-14(21(27)28)12-15(11-13)22(29)30/h2-7,10-12,19-20H,8-9H2,1H3,(H,25,33)(H,27,28)(H,29,30)/t19-,20-/m1/s1. The summed E-state index contributed by atoms with van der Waals surface area (Å²) >= 11 is 5.56. The Balaban J connectivity index is 1.75. The number of ether oxygens (including phenoxy) is 1. The van der Waals surface area contributed by atoms with E-state index in [4.69, 9.17) is 21.4 Å². The SMILES string of the molecule is COCCN1C(=S)N[C@H](c2ccccn2)[C@H]1c1ccc(-c2cc(C(=O)O)cc(C(=O)O)c2)o1. The van der Waals surface area contributed by atoms with E-state index >= 15 is 0 Å². The van der Waals surface area contributed by atoms with Crippen LogP contribution in [-0.2, 0) is 4.74 Å². The fourth-order valence-corrected chi connectivity index (χ4v) is 4.16. The smallest absolute Gasteiger partial charge is 0.335 e. The maximum absolute atomic E-state index is 11.5. The maximum atomic E-state index is 11.5. The number of carboxylic acid groups (broad SMARTS) is 2. The highest BCUT2D eigenvalue weighted by Crippen LogP contribution is 2.40. The van der Waals surface area contributed by atoms with Gasteiger partial charge in [-0.05, 0) is 54.7 Å². The third-order valence-corrected chi connectivity index (χ3v) is 5.72. The van der Waals surface area contributed by atoms with E-state index in [1.165, 1.54) is 12.1 Å².